The molecule has 0 aliphatic rings. The van der Waals surface area contributed by atoms with Gasteiger partial charge >= 0.3 is 6.03 Å². The number of ether oxygens (including phenoxy) is 2. The van der Waals surface area contributed by atoms with E-state index < -0.39 is 26.0 Å². The van der Waals surface area contributed by atoms with E-state index in [4.69, 9.17) is 23.4 Å². The zero-order chi connectivity index (χ0) is 17.1. The van der Waals surface area contributed by atoms with Gasteiger partial charge in [-0.05, 0) is 24.1 Å². The van der Waals surface area contributed by atoms with E-state index in [1.807, 2.05) is 5.32 Å². The van der Waals surface area contributed by atoms with Crippen molar-refractivity contribution in [2.45, 2.75) is 6.40 Å². The van der Waals surface area contributed by atoms with Gasteiger partial charge in [-0.1, -0.05) is 6.07 Å². The number of nitrogens with one attached hydrogen (secondary N) is 1. The highest BCUT2D eigenvalue weighted by Crippen LogP contribution is 2.27. The number of amides is 2. The number of rotatable bonds is 5. The van der Waals surface area contributed by atoms with Gasteiger partial charge in [0.15, 0.2) is 11.5 Å². The van der Waals surface area contributed by atoms with Crippen LogP contribution in [0.4, 0.5) is 4.79 Å². The largest absolute Gasteiger partial charge is 0.493 e. The molecule has 0 spiro atoms. The van der Waals surface area contributed by atoms with Crippen LogP contribution in [0.1, 0.15) is 13.8 Å². The van der Waals surface area contributed by atoms with Crippen molar-refractivity contribution in [1.29, 1.82) is 0 Å². The van der Waals surface area contributed by atoms with Crippen LogP contribution in [0.25, 0.3) is 0 Å². The molecule has 0 fully saturated rings. The van der Waals surface area contributed by atoms with Crippen molar-refractivity contribution in [3.05, 3.63) is 23.8 Å². The molecule has 5 heteroatoms. The van der Waals surface area contributed by atoms with Crippen molar-refractivity contribution in [1.82, 2.24) is 5.32 Å². The Morgan fingerprint density at radius 2 is 2.38 bits per heavy atom. The number of benzene rings is 1. The topological polar surface area (TPSA) is 73.6 Å². The number of methoxy groups -OCH3 is 2. The Balaban J connectivity index is 3.09. The molecule has 1 unspecified atom stereocenters. The van der Waals surface area contributed by atoms with Crippen molar-refractivity contribution in [3.8, 4) is 11.5 Å². The number of aryl methyl sites for hydroxylation is 1. The standard InChI is InChI=1S/C11H16N2O3/c1-15-9-4-3-8(7-10(9)16-2)5-6-13-11(12)14/h3-4,7H,5-6H2,1-2H3,(H3,12,13,14)/i1D3,5D,6D2. The van der Waals surface area contributed by atoms with E-state index in [-0.39, 0.29) is 17.1 Å². The Kier molecular flexibility index (Phi) is 2.19. The van der Waals surface area contributed by atoms with Crippen LogP contribution in [0.2, 0.25) is 0 Å². The first-order chi connectivity index (χ1) is 9.96. The van der Waals surface area contributed by atoms with Gasteiger partial charge in [-0.2, -0.15) is 0 Å². The van der Waals surface area contributed by atoms with Crippen molar-refractivity contribution >= 4 is 6.03 Å². The third-order valence-electron chi connectivity index (χ3n) is 1.73. The molecule has 1 atom stereocenters. The van der Waals surface area contributed by atoms with E-state index in [1.165, 1.54) is 25.3 Å². The van der Waals surface area contributed by atoms with Crippen molar-refractivity contribution in [3.63, 3.8) is 0 Å². The third kappa shape index (κ3) is 3.34. The highest BCUT2D eigenvalue weighted by molar-refractivity contribution is 5.71. The summed E-state index contributed by atoms with van der Waals surface area (Å²) in [5, 5.41) is 1.83. The molecule has 0 saturated carbocycles. The SMILES string of the molecule is [2H]C(c1ccc(OC([2H])([2H])[2H])c(OC)c1)C([2H])([2H])NC(N)=O. The second kappa shape index (κ2) is 5.85. The van der Waals surface area contributed by atoms with Crippen LogP contribution in [0, 0.1) is 0 Å². The first-order valence-corrected chi connectivity index (χ1v) is 4.33. The summed E-state index contributed by atoms with van der Waals surface area (Å²) in [6.07, 6.45) is -1.50. The third-order valence-corrected chi connectivity index (χ3v) is 1.73. The molecule has 3 N–H and O–H groups in total. The molecule has 5 nitrogen and oxygen atoms in total. The fourth-order valence-corrected chi connectivity index (χ4v) is 1.05. The molecule has 0 aromatic heterocycles. The smallest absolute Gasteiger partial charge is 0.312 e. The van der Waals surface area contributed by atoms with Gasteiger partial charge in [0.25, 0.3) is 0 Å². The van der Waals surface area contributed by atoms with Gasteiger partial charge in [-0.3, -0.25) is 0 Å². The van der Waals surface area contributed by atoms with Crippen LogP contribution in [0.5, 0.6) is 11.5 Å². The van der Waals surface area contributed by atoms with Crippen LogP contribution < -0.4 is 20.5 Å². The van der Waals surface area contributed by atoms with Gasteiger partial charge in [-0.25, -0.2) is 4.79 Å². The predicted molar refractivity (Wildman–Crippen MR) is 60.8 cm³/mol. The van der Waals surface area contributed by atoms with Gasteiger partial charge in [0.1, 0.15) is 0 Å². The van der Waals surface area contributed by atoms with E-state index in [9.17, 15) is 4.79 Å². The average molecular weight is 230 g/mol. The number of urea groups is 1. The fraction of sp³-hybridized carbons (Fsp3) is 0.364. The second-order valence-corrected chi connectivity index (χ2v) is 2.79. The molecule has 0 heterocycles. The van der Waals surface area contributed by atoms with E-state index in [0.29, 0.717) is 0 Å². The average Bonchev–Trinajstić information content (AvgIpc) is 2.35. The summed E-state index contributed by atoms with van der Waals surface area (Å²) >= 11 is 0. The van der Waals surface area contributed by atoms with Crippen molar-refractivity contribution in [2.24, 2.45) is 5.73 Å². The van der Waals surface area contributed by atoms with Crippen LogP contribution >= 0.6 is 0 Å². The monoisotopic (exact) mass is 230 g/mol. The lowest BCUT2D eigenvalue weighted by atomic mass is 10.1. The summed E-state index contributed by atoms with van der Waals surface area (Å²) in [6, 6.07) is 2.72. The van der Waals surface area contributed by atoms with E-state index in [0.717, 1.165) is 0 Å². The number of carbonyl (C=O) groups excluding carboxylic acids is 1. The van der Waals surface area contributed by atoms with Gasteiger partial charge in [0, 0.05) is 10.6 Å². The minimum absolute atomic E-state index is 0.0285. The molecule has 2 amide bonds. The molecule has 0 radical (unpaired) electrons. The lowest BCUT2D eigenvalue weighted by molar-refractivity contribution is 0.249. The summed E-state index contributed by atoms with van der Waals surface area (Å²) in [5.74, 6) is -0.0392. The molecule has 0 aliphatic heterocycles. The van der Waals surface area contributed by atoms with Crippen LogP contribution in [-0.4, -0.2) is 26.7 Å². The zero-order valence-electron chi connectivity index (χ0n) is 14.6. The van der Waals surface area contributed by atoms with Gasteiger partial charge < -0.3 is 20.5 Å². The quantitative estimate of drug-likeness (QED) is 0.789. The highest BCUT2D eigenvalue weighted by atomic mass is 16.5. The number of hydrogen-bond acceptors (Lipinski definition) is 3. The van der Waals surface area contributed by atoms with Crippen molar-refractivity contribution in [2.75, 3.05) is 20.6 Å². The summed E-state index contributed by atoms with van der Waals surface area (Å²) in [7, 11) is -1.39. The molecular weight excluding hydrogens is 208 g/mol. The van der Waals surface area contributed by atoms with Crippen LogP contribution in [-0.2, 0) is 6.40 Å². The molecule has 0 bridgehead atoms. The lowest BCUT2D eigenvalue weighted by Gasteiger charge is -2.09. The first kappa shape index (κ1) is 5.98. The highest BCUT2D eigenvalue weighted by Gasteiger charge is 2.04. The Labute approximate surface area is 103 Å². The van der Waals surface area contributed by atoms with Crippen molar-refractivity contribution < 1.29 is 22.5 Å². The molecule has 0 saturated heterocycles. The summed E-state index contributed by atoms with van der Waals surface area (Å²) < 4.78 is 54.0. The van der Waals surface area contributed by atoms with Gasteiger partial charge in [-0.15, -0.1) is 0 Å². The number of carbonyl (C=O) groups is 1. The van der Waals surface area contributed by atoms with E-state index >= 15 is 0 Å². The summed E-state index contributed by atoms with van der Waals surface area (Å²) in [6.45, 7) is -2.41. The fourth-order valence-electron chi connectivity index (χ4n) is 1.05. The molecule has 1 aromatic rings. The molecule has 1 aromatic carbocycles. The number of nitrogens with two attached hydrogens (primary N) is 1. The second-order valence-electron chi connectivity index (χ2n) is 2.79. The van der Waals surface area contributed by atoms with E-state index in [1.54, 1.807) is 0 Å². The molecule has 1 rings (SSSR count). The molecular formula is C11H16N2O3. The Bertz CT molecular complexity index is 549. The minimum atomic E-state index is -2.67. The maximum Gasteiger partial charge on any atom is 0.312 e. The van der Waals surface area contributed by atoms with Crippen LogP contribution in [0.15, 0.2) is 18.2 Å². The number of hydrogen-bond donors (Lipinski definition) is 2. The normalized spacial score (nSPS) is 18.8. The van der Waals surface area contributed by atoms with Crippen LogP contribution in [0.3, 0.4) is 0 Å². The zero-order valence-corrected chi connectivity index (χ0v) is 8.61. The maximum atomic E-state index is 10.8. The van der Waals surface area contributed by atoms with Gasteiger partial charge in [0.2, 0.25) is 0 Å². The maximum absolute atomic E-state index is 10.8. The lowest BCUT2D eigenvalue weighted by Crippen LogP contribution is -2.30. The molecule has 16 heavy (non-hydrogen) atoms. The molecule has 0 aliphatic carbocycles. The summed E-state index contributed by atoms with van der Waals surface area (Å²) in [4.78, 5) is 10.8. The Morgan fingerprint density at radius 3 is 3.00 bits per heavy atom. The number of primary amides is 1. The molecule has 88 valence electrons. The minimum Gasteiger partial charge on any atom is -0.493 e. The van der Waals surface area contributed by atoms with E-state index in [2.05, 4.69) is 0 Å². The first-order valence-electron chi connectivity index (χ1n) is 7.41. The van der Waals surface area contributed by atoms with Gasteiger partial charge in [0.05, 0.1) is 18.3 Å². The predicted octanol–water partition coefficient (Wildman–Crippen LogP) is 0.915. The summed E-state index contributed by atoms with van der Waals surface area (Å²) in [5.41, 5.74) is 5.01. The Morgan fingerprint density at radius 1 is 1.56 bits per heavy atom. The Hall–Kier alpha value is -1.91.